The summed E-state index contributed by atoms with van der Waals surface area (Å²) in [5.41, 5.74) is 16.7. The summed E-state index contributed by atoms with van der Waals surface area (Å²) in [4.78, 5) is 9.99. The number of benzene rings is 10. The molecule has 0 saturated heterocycles. The molecule has 2 atom stereocenters. The second-order valence-electron chi connectivity index (χ2n) is 17.5. The van der Waals surface area contributed by atoms with Gasteiger partial charge >= 0.3 is 0 Å². The molecule has 10 aromatic carbocycles. The third-order valence-corrected chi connectivity index (χ3v) is 13.6. The lowest BCUT2D eigenvalue weighted by Gasteiger charge is -2.31. The standard InChI is InChI=1S/C63H43N3O/c1-3-14-42(15-4-1)46-18-13-19-48(40-46)63-64-62-56-37-30-45-26-27-47(41-57(45)53(56)38-39-61(62)67-63)43-28-31-49(32-29-43)65(58-23-10-7-20-52(58)44-16-5-2-6-17-44)50-33-35-51(36-34-50)66-59-24-11-8-21-54(59)55-22-9-12-25-60(55)66/h1-41,54,59H. The number of fused-ring (bicyclic) bond motifs is 8. The van der Waals surface area contributed by atoms with Crippen LogP contribution in [-0.2, 0) is 0 Å². The monoisotopic (exact) mass is 857 g/mol. The van der Waals surface area contributed by atoms with Gasteiger partial charge in [0.1, 0.15) is 5.52 Å². The molecule has 13 rings (SSSR count). The molecule has 0 spiro atoms. The molecule has 1 aliphatic carbocycles. The SMILES string of the molecule is C1=CC2c3ccccc3N(c3ccc(N(c4ccc(-c5ccc6ccc7c(ccc8oc(-c9cccc(-c%10ccccc%10)c9)nc87)c6c5)cc4)c4ccccc4-c4ccccc4)cc3)C2C=C1. The van der Waals surface area contributed by atoms with E-state index >= 15 is 0 Å². The molecule has 1 aliphatic heterocycles. The molecule has 0 fully saturated rings. The Bertz CT molecular complexity index is 3700. The van der Waals surface area contributed by atoms with Gasteiger partial charge in [-0.1, -0.05) is 170 Å². The number of para-hydroxylation sites is 2. The fourth-order valence-electron chi connectivity index (χ4n) is 10.4. The number of rotatable bonds is 8. The highest BCUT2D eigenvalue weighted by atomic mass is 16.3. The second-order valence-corrected chi connectivity index (χ2v) is 17.5. The minimum Gasteiger partial charge on any atom is -0.436 e. The number of allylic oxidation sites excluding steroid dienone is 2. The van der Waals surface area contributed by atoms with Gasteiger partial charge in [-0.2, -0.15) is 0 Å². The number of anilines is 5. The molecule has 0 saturated carbocycles. The van der Waals surface area contributed by atoms with Crippen LogP contribution in [0.15, 0.2) is 253 Å². The summed E-state index contributed by atoms with van der Waals surface area (Å²) in [7, 11) is 0. The van der Waals surface area contributed by atoms with Crippen LogP contribution < -0.4 is 9.80 Å². The van der Waals surface area contributed by atoms with Crippen molar-refractivity contribution >= 4 is 61.1 Å². The van der Waals surface area contributed by atoms with Crippen molar-refractivity contribution in [2.75, 3.05) is 9.80 Å². The zero-order valence-corrected chi connectivity index (χ0v) is 36.6. The van der Waals surface area contributed by atoms with E-state index in [4.69, 9.17) is 9.40 Å². The molecule has 67 heavy (non-hydrogen) atoms. The molecule has 11 aromatic rings. The van der Waals surface area contributed by atoms with E-state index in [-0.39, 0.29) is 6.04 Å². The lowest BCUT2D eigenvalue weighted by molar-refractivity contribution is 0.620. The number of hydrogen-bond acceptors (Lipinski definition) is 4. The van der Waals surface area contributed by atoms with Crippen LogP contribution in [0.25, 0.3) is 77.5 Å². The van der Waals surface area contributed by atoms with E-state index in [0.29, 0.717) is 11.8 Å². The summed E-state index contributed by atoms with van der Waals surface area (Å²) in [5.74, 6) is 0.956. The van der Waals surface area contributed by atoms with Gasteiger partial charge in [0, 0.05) is 45.2 Å². The molecular weight excluding hydrogens is 815 g/mol. The van der Waals surface area contributed by atoms with Crippen LogP contribution in [0.2, 0.25) is 0 Å². The van der Waals surface area contributed by atoms with Crippen LogP contribution >= 0.6 is 0 Å². The zero-order chi connectivity index (χ0) is 44.3. The first-order chi connectivity index (χ1) is 33.2. The van der Waals surface area contributed by atoms with Gasteiger partial charge in [0.2, 0.25) is 5.89 Å². The number of oxazole rings is 1. The van der Waals surface area contributed by atoms with Crippen molar-refractivity contribution in [3.63, 3.8) is 0 Å². The molecule has 0 radical (unpaired) electrons. The van der Waals surface area contributed by atoms with E-state index in [0.717, 1.165) is 66.8 Å². The lowest BCUT2D eigenvalue weighted by atomic mass is 9.91. The summed E-state index contributed by atoms with van der Waals surface area (Å²) in [6.45, 7) is 0. The molecule has 2 unspecified atom stereocenters. The predicted octanol–water partition coefficient (Wildman–Crippen LogP) is 17.0. The highest BCUT2D eigenvalue weighted by Gasteiger charge is 2.37. The van der Waals surface area contributed by atoms with Gasteiger partial charge in [0.25, 0.3) is 0 Å². The minimum absolute atomic E-state index is 0.244. The van der Waals surface area contributed by atoms with E-state index < -0.39 is 0 Å². The first kappa shape index (κ1) is 38.7. The van der Waals surface area contributed by atoms with E-state index in [9.17, 15) is 0 Å². The normalized spacial score (nSPS) is 15.0. The summed E-state index contributed by atoms with van der Waals surface area (Å²) in [5, 5.41) is 4.59. The third kappa shape index (κ3) is 6.73. The Morgan fingerprint density at radius 3 is 1.91 bits per heavy atom. The van der Waals surface area contributed by atoms with Crippen LogP contribution in [0.1, 0.15) is 11.5 Å². The average Bonchev–Trinajstić information content (AvgIpc) is 4.00. The van der Waals surface area contributed by atoms with Crippen molar-refractivity contribution in [3.8, 4) is 44.8 Å². The van der Waals surface area contributed by atoms with Crippen LogP contribution in [0.4, 0.5) is 28.4 Å². The highest BCUT2D eigenvalue weighted by molar-refractivity contribution is 6.16. The van der Waals surface area contributed by atoms with Crippen LogP contribution in [0.3, 0.4) is 0 Å². The van der Waals surface area contributed by atoms with Crippen molar-refractivity contribution in [2.45, 2.75) is 12.0 Å². The number of hydrogen-bond donors (Lipinski definition) is 0. The smallest absolute Gasteiger partial charge is 0.227 e. The van der Waals surface area contributed by atoms with Crippen molar-refractivity contribution in [1.29, 1.82) is 0 Å². The largest absolute Gasteiger partial charge is 0.436 e. The fourth-order valence-corrected chi connectivity index (χ4v) is 10.4. The van der Waals surface area contributed by atoms with Crippen LogP contribution in [0.5, 0.6) is 0 Å². The predicted molar refractivity (Wildman–Crippen MR) is 279 cm³/mol. The van der Waals surface area contributed by atoms with Gasteiger partial charge in [-0.15, -0.1) is 0 Å². The Kier molecular flexibility index (Phi) is 9.28. The van der Waals surface area contributed by atoms with Crippen molar-refractivity contribution < 1.29 is 4.42 Å². The quantitative estimate of drug-likeness (QED) is 0.143. The topological polar surface area (TPSA) is 32.5 Å². The Balaban J connectivity index is 0.866. The minimum atomic E-state index is 0.244. The van der Waals surface area contributed by atoms with E-state index in [1.807, 2.05) is 6.07 Å². The Hall–Kier alpha value is -8.73. The van der Waals surface area contributed by atoms with Crippen molar-refractivity contribution in [1.82, 2.24) is 4.98 Å². The molecule has 1 aromatic heterocycles. The molecule has 4 nitrogen and oxygen atoms in total. The Labute approximate surface area is 389 Å². The van der Waals surface area contributed by atoms with E-state index in [2.05, 4.69) is 252 Å². The lowest BCUT2D eigenvalue weighted by Crippen LogP contribution is -2.28. The molecule has 2 aliphatic rings. The van der Waals surface area contributed by atoms with E-state index in [1.165, 1.54) is 38.8 Å². The first-order valence-electron chi connectivity index (χ1n) is 23.0. The first-order valence-corrected chi connectivity index (χ1v) is 23.0. The molecule has 0 amide bonds. The summed E-state index contributed by atoms with van der Waals surface area (Å²) < 4.78 is 6.42. The molecule has 316 valence electrons. The summed E-state index contributed by atoms with van der Waals surface area (Å²) in [6, 6.07) is 80.9. The van der Waals surface area contributed by atoms with Crippen molar-refractivity contribution in [3.05, 3.63) is 254 Å². The van der Waals surface area contributed by atoms with Crippen LogP contribution in [-0.4, -0.2) is 11.0 Å². The second kappa shape index (κ2) is 16.1. The molecule has 4 heteroatoms. The van der Waals surface area contributed by atoms with E-state index in [1.54, 1.807) is 0 Å². The van der Waals surface area contributed by atoms with Crippen LogP contribution in [0, 0.1) is 0 Å². The Morgan fingerprint density at radius 2 is 1.07 bits per heavy atom. The molecule has 0 bridgehead atoms. The molecule has 0 N–H and O–H groups in total. The zero-order valence-electron chi connectivity index (χ0n) is 36.6. The fraction of sp³-hybridized carbons (Fsp3) is 0.0317. The molecule has 2 heterocycles. The average molecular weight is 858 g/mol. The maximum absolute atomic E-state index is 6.42. The Morgan fingerprint density at radius 1 is 0.448 bits per heavy atom. The maximum Gasteiger partial charge on any atom is 0.227 e. The van der Waals surface area contributed by atoms with Gasteiger partial charge < -0.3 is 14.2 Å². The number of aromatic nitrogens is 1. The number of nitrogens with zero attached hydrogens (tertiary/aromatic N) is 3. The van der Waals surface area contributed by atoms with Gasteiger partial charge in [0.05, 0.1) is 11.7 Å². The van der Waals surface area contributed by atoms with Gasteiger partial charge in [-0.25, -0.2) is 4.98 Å². The molecular formula is C63H43N3O. The maximum atomic E-state index is 6.42. The highest BCUT2D eigenvalue weighted by Crippen LogP contribution is 2.49. The van der Waals surface area contributed by atoms with Gasteiger partial charge in [-0.3, -0.25) is 0 Å². The third-order valence-electron chi connectivity index (χ3n) is 13.6. The summed E-state index contributed by atoms with van der Waals surface area (Å²) >= 11 is 0. The van der Waals surface area contributed by atoms with Gasteiger partial charge in [0.15, 0.2) is 5.58 Å². The van der Waals surface area contributed by atoms with Crippen molar-refractivity contribution in [2.24, 2.45) is 0 Å². The van der Waals surface area contributed by atoms with Gasteiger partial charge in [-0.05, 0) is 128 Å². The summed E-state index contributed by atoms with van der Waals surface area (Å²) in [6.07, 6.45) is 9.03.